The van der Waals surface area contributed by atoms with E-state index >= 15 is 0 Å². The van der Waals surface area contributed by atoms with Crippen LogP contribution in [0.25, 0.3) is 10.4 Å². The molecular formula is C15H14N6O5S2. The van der Waals surface area contributed by atoms with Gasteiger partial charge in [0.25, 0.3) is 5.91 Å². The number of carboxylic acid groups (broad SMARTS) is 1. The highest BCUT2D eigenvalue weighted by Crippen LogP contribution is 2.40. The molecule has 1 aromatic heterocycles. The number of rotatable bonds is 7. The lowest BCUT2D eigenvalue weighted by Gasteiger charge is -2.49. The summed E-state index contributed by atoms with van der Waals surface area (Å²) in [4.78, 5) is 44.1. The molecule has 1 saturated heterocycles. The third kappa shape index (κ3) is 3.86. The van der Waals surface area contributed by atoms with Crippen molar-refractivity contribution < 1.29 is 23.7 Å². The van der Waals surface area contributed by atoms with Gasteiger partial charge in [-0.1, -0.05) is 5.11 Å². The number of β-lactam (4-membered cyclic amide) rings is 1. The molecule has 2 aliphatic heterocycles. The van der Waals surface area contributed by atoms with Gasteiger partial charge in [-0.3, -0.25) is 23.7 Å². The lowest BCUT2D eigenvalue weighted by Crippen LogP contribution is -2.70. The Hall–Kier alpha value is -2.89. The first-order valence-corrected chi connectivity index (χ1v) is 10.3. The Bertz CT molecular complexity index is 930. The molecule has 2 aliphatic rings. The standard InChI is InChI=1S/C15H14N6O5S2/c16-20-18-5-8-6-27-14-11(13(23)21(14)12(8)15(24)25)19-10(22)7-28(26)9-1-3-17-4-2-9/h1-4,11,14H,5-7H2,(H,19,22)(H,24,25). The van der Waals surface area contributed by atoms with Crippen LogP contribution in [0.15, 0.2) is 45.8 Å². The molecule has 0 spiro atoms. The first kappa shape index (κ1) is 19.9. The largest absolute Gasteiger partial charge is 0.477 e. The number of carbonyl (C=O) groups excluding carboxylic acids is 2. The lowest BCUT2D eigenvalue weighted by molar-refractivity contribution is -0.150. The number of aromatic nitrogens is 1. The van der Waals surface area contributed by atoms with Gasteiger partial charge in [0.15, 0.2) is 0 Å². The number of amides is 2. The molecule has 3 heterocycles. The van der Waals surface area contributed by atoms with Gasteiger partial charge in [0, 0.05) is 28.0 Å². The van der Waals surface area contributed by atoms with Crippen LogP contribution in [0.5, 0.6) is 0 Å². The van der Waals surface area contributed by atoms with E-state index in [4.69, 9.17) is 5.53 Å². The summed E-state index contributed by atoms with van der Waals surface area (Å²) in [6.07, 6.45) is 2.93. The van der Waals surface area contributed by atoms with Gasteiger partial charge >= 0.3 is 5.97 Å². The second-order valence-electron chi connectivity index (χ2n) is 5.77. The zero-order valence-electron chi connectivity index (χ0n) is 14.2. The minimum Gasteiger partial charge on any atom is -0.477 e. The lowest BCUT2D eigenvalue weighted by atomic mass is 10.0. The summed E-state index contributed by atoms with van der Waals surface area (Å²) in [5, 5.41) is 14.7. The van der Waals surface area contributed by atoms with Crippen molar-refractivity contribution in [1.82, 2.24) is 15.2 Å². The summed E-state index contributed by atoms with van der Waals surface area (Å²) in [7, 11) is -1.59. The number of fused-ring (bicyclic) bond motifs is 1. The number of carbonyl (C=O) groups is 3. The van der Waals surface area contributed by atoms with E-state index in [0.29, 0.717) is 10.5 Å². The predicted molar refractivity (Wildman–Crippen MR) is 99.2 cm³/mol. The van der Waals surface area contributed by atoms with Gasteiger partial charge in [-0.15, -0.1) is 11.8 Å². The topological polar surface area (TPSA) is 165 Å². The molecular weight excluding hydrogens is 408 g/mol. The number of hydrogen-bond donors (Lipinski definition) is 2. The van der Waals surface area contributed by atoms with Gasteiger partial charge in [-0.25, -0.2) is 4.79 Å². The average molecular weight is 422 g/mol. The molecule has 2 amide bonds. The van der Waals surface area contributed by atoms with Crippen LogP contribution in [0.1, 0.15) is 0 Å². The zero-order valence-corrected chi connectivity index (χ0v) is 15.9. The van der Waals surface area contributed by atoms with Crippen LogP contribution in [-0.4, -0.2) is 66.4 Å². The quantitative estimate of drug-likeness (QED) is 0.275. The maximum atomic E-state index is 12.4. The molecule has 11 nitrogen and oxygen atoms in total. The Morgan fingerprint density at radius 1 is 1.46 bits per heavy atom. The Balaban J connectivity index is 1.67. The van der Waals surface area contributed by atoms with E-state index < -0.39 is 40.0 Å². The van der Waals surface area contributed by atoms with E-state index in [1.165, 1.54) is 36.3 Å². The highest BCUT2D eigenvalue weighted by Gasteiger charge is 2.54. The van der Waals surface area contributed by atoms with E-state index in [2.05, 4.69) is 20.3 Å². The molecule has 0 aliphatic carbocycles. The molecule has 13 heteroatoms. The highest BCUT2D eigenvalue weighted by atomic mass is 32.2. The molecule has 0 saturated carbocycles. The molecule has 3 unspecified atom stereocenters. The molecule has 2 N–H and O–H groups in total. The summed E-state index contributed by atoms with van der Waals surface area (Å²) < 4.78 is 12.2. The number of nitrogens with one attached hydrogen (secondary N) is 1. The fourth-order valence-electron chi connectivity index (χ4n) is 2.83. The first-order valence-electron chi connectivity index (χ1n) is 7.92. The number of hydrogen-bond acceptors (Lipinski definition) is 7. The Labute approximate surface area is 165 Å². The van der Waals surface area contributed by atoms with Gasteiger partial charge in [-0.2, -0.15) is 0 Å². The Morgan fingerprint density at radius 3 is 2.82 bits per heavy atom. The van der Waals surface area contributed by atoms with Gasteiger partial charge in [-0.05, 0) is 23.2 Å². The second kappa shape index (κ2) is 8.42. The van der Waals surface area contributed by atoms with E-state index in [1.54, 1.807) is 0 Å². The highest BCUT2D eigenvalue weighted by molar-refractivity contribution is 8.00. The van der Waals surface area contributed by atoms with Crippen LogP contribution in [0.3, 0.4) is 0 Å². The molecule has 0 bridgehead atoms. The fraction of sp³-hybridized carbons (Fsp3) is 0.333. The van der Waals surface area contributed by atoms with Gasteiger partial charge < -0.3 is 10.4 Å². The Morgan fingerprint density at radius 2 is 2.18 bits per heavy atom. The maximum Gasteiger partial charge on any atom is 0.352 e. The average Bonchev–Trinajstić information content (AvgIpc) is 2.70. The maximum absolute atomic E-state index is 12.4. The van der Waals surface area contributed by atoms with E-state index in [9.17, 15) is 23.7 Å². The van der Waals surface area contributed by atoms with Crippen molar-refractivity contribution in [1.29, 1.82) is 0 Å². The summed E-state index contributed by atoms with van der Waals surface area (Å²) in [5.74, 6) is -2.52. The molecule has 1 aromatic rings. The summed E-state index contributed by atoms with van der Waals surface area (Å²) >= 11 is 1.26. The van der Waals surface area contributed by atoms with Crippen molar-refractivity contribution in [3.05, 3.63) is 46.2 Å². The Kier molecular flexibility index (Phi) is 5.97. The fourth-order valence-corrected chi connectivity index (χ4v) is 5.08. The van der Waals surface area contributed by atoms with Crippen LogP contribution < -0.4 is 5.32 Å². The van der Waals surface area contributed by atoms with Crippen LogP contribution >= 0.6 is 11.8 Å². The minimum absolute atomic E-state index is 0.149. The van der Waals surface area contributed by atoms with E-state index in [0.717, 1.165) is 4.90 Å². The first-order chi connectivity index (χ1) is 13.4. The minimum atomic E-state index is -1.59. The van der Waals surface area contributed by atoms with Gasteiger partial charge in [0.1, 0.15) is 22.9 Å². The number of carboxylic acids is 1. The third-order valence-corrected chi connectivity index (χ3v) is 6.73. The van der Waals surface area contributed by atoms with E-state index in [1.807, 2.05) is 0 Å². The SMILES string of the molecule is [N-]=[N+]=NCC1=C(C(=O)O)N2C(=O)C(NC(=O)CS(=O)c3ccncc3)C2SC1. The molecule has 0 radical (unpaired) electrons. The predicted octanol–water partition coefficient (Wildman–Crippen LogP) is 0.238. The molecule has 146 valence electrons. The van der Waals surface area contributed by atoms with Crippen LogP contribution in [0.4, 0.5) is 0 Å². The monoisotopic (exact) mass is 422 g/mol. The molecule has 3 atom stereocenters. The third-order valence-electron chi connectivity index (χ3n) is 4.07. The molecule has 0 aromatic carbocycles. The second-order valence-corrected chi connectivity index (χ2v) is 8.33. The molecule has 3 rings (SSSR count). The van der Waals surface area contributed by atoms with Crippen molar-refractivity contribution in [2.24, 2.45) is 5.11 Å². The van der Waals surface area contributed by atoms with Crippen LogP contribution in [0.2, 0.25) is 0 Å². The number of pyridine rings is 1. The molecule has 28 heavy (non-hydrogen) atoms. The van der Waals surface area contributed by atoms with Crippen LogP contribution in [0, 0.1) is 0 Å². The van der Waals surface area contributed by atoms with Crippen molar-refractivity contribution >= 4 is 40.3 Å². The summed E-state index contributed by atoms with van der Waals surface area (Å²) in [6, 6.07) is 2.17. The number of thioether (sulfide) groups is 1. The zero-order chi connectivity index (χ0) is 20.3. The number of nitrogens with zero attached hydrogens (tertiary/aromatic N) is 5. The summed E-state index contributed by atoms with van der Waals surface area (Å²) in [5.41, 5.74) is 8.55. The summed E-state index contributed by atoms with van der Waals surface area (Å²) in [6.45, 7) is -0.149. The van der Waals surface area contributed by atoms with E-state index in [-0.39, 0.29) is 23.7 Å². The van der Waals surface area contributed by atoms with Crippen molar-refractivity contribution in [3.8, 4) is 0 Å². The van der Waals surface area contributed by atoms with Crippen LogP contribution in [-0.2, 0) is 25.2 Å². The van der Waals surface area contributed by atoms with Gasteiger partial charge in [0.05, 0.1) is 17.3 Å². The van der Waals surface area contributed by atoms with Crippen molar-refractivity contribution in [2.75, 3.05) is 18.1 Å². The van der Waals surface area contributed by atoms with Gasteiger partial charge in [0.2, 0.25) is 5.91 Å². The number of azide groups is 1. The molecule has 1 fully saturated rings. The van der Waals surface area contributed by atoms with Crippen molar-refractivity contribution in [2.45, 2.75) is 16.3 Å². The smallest absolute Gasteiger partial charge is 0.352 e. The normalized spacial score (nSPS) is 21.9. The van der Waals surface area contributed by atoms with Crippen molar-refractivity contribution in [3.63, 3.8) is 0 Å². The number of aliphatic carboxylic acids is 1.